The third-order valence-corrected chi connectivity index (χ3v) is 13.4. The van der Waals surface area contributed by atoms with Crippen molar-refractivity contribution in [3.05, 3.63) is 237 Å². The van der Waals surface area contributed by atoms with E-state index in [2.05, 4.69) is 229 Å². The molecule has 0 saturated carbocycles. The van der Waals surface area contributed by atoms with E-state index < -0.39 is 0 Å². The second-order valence-electron chi connectivity index (χ2n) is 16.1. The Balaban J connectivity index is 0.870. The number of furan rings is 1. The summed E-state index contributed by atoms with van der Waals surface area (Å²) >= 11 is 1.86. The molecule has 0 spiro atoms. The molecular formula is C60H39NOS. The summed E-state index contributed by atoms with van der Waals surface area (Å²) in [7, 11) is 0. The Morgan fingerprint density at radius 3 is 1.27 bits per heavy atom. The van der Waals surface area contributed by atoms with Crippen LogP contribution in [0.15, 0.2) is 241 Å². The van der Waals surface area contributed by atoms with Gasteiger partial charge in [-0.2, -0.15) is 0 Å². The first-order chi connectivity index (χ1) is 31.2. The Hall–Kier alpha value is -7.98. The van der Waals surface area contributed by atoms with E-state index in [1.165, 1.54) is 70.2 Å². The second-order valence-corrected chi connectivity index (χ2v) is 17.2. The third kappa shape index (κ3) is 6.86. The zero-order valence-electron chi connectivity index (χ0n) is 34.3. The lowest BCUT2D eigenvalue weighted by molar-refractivity contribution is 0.669. The van der Waals surface area contributed by atoms with Gasteiger partial charge < -0.3 is 9.32 Å². The predicted octanol–water partition coefficient (Wildman–Crippen LogP) is 17.8. The maximum atomic E-state index is 6.12. The highest BCUT2D eigenvalue weighted by Crippen LogP contribution is 2.40. The van der Waals surface area contributed by atoms with E-state index in [0.717, 1.165) is 44.6 Å². The fraction of sp³-hybridized carbons (Fsp3) is 0. The Morgan fingerprint density at radius 2 is 0.651 bits per heavy atom. The van der Waals surface area contributed by atoms with Crippen LogP contribution in [0.3, 0.4) is 0 Å². The van der Waals surface area contributed by atoms with E-state index in [4.69, 9.17) is 4.42 Å². The van der Waals surface area contributed by atoms with Crippen molar-refractivity contribution in [3.63, 3.8) is 0 Å². The predicted molar refractivity (Wildman–Crippen MR) is 268 cm³/mol. The zero-order chi connectivity index (χ0) is 41.7. The zero-order valence-corrected chi connectivity index (χ0v) is 35.1. The summed E-state index contributed by atoms with van der Waals surface area (Å²) < 4.78 is 8.77. The van der Waals surface area contributed by atoms with Gasteiger partial charge in [-0.1, -0.05) is 152 Å². The summed E-state index contributed by atoms with van der Waals surface area (Å²) in [6.45, 7) is 0. The Morgan fingerprint density at radius 1 is 0.254 bits per heavy atom. The molecule has 12 rings (SSSR count). The van der Waals surface area contributed by atoms with E-state index in [0.29, 0.717) is 0 Å². The lowest BCUT2D eigenvalue weighted by atomic mass is 9.97. The van der Waals surface area contributed by atoms with Crippen LogP contribution in [0, 0.1) is 0 Å². The monoisotopic (exact) mass is 821 g/mol. The van der Waals surface area contributed by atoms with Crippen LogP contribution in [-0.4, -0.2) is 0 Å². The molecule has 3 heteroatoms. The van der Waals surface area contributed by atoms with Crippen molar-refractivity contribution in [3.8, 4) is 55.6 Å². The summed E-state index contributed by atoms with van der Waals surface area (Å²) in [6.07, 6.45) is 0. The molecule has 2 nitrogen and oxygen atoms in total. The highest BCUT2D eigenvalue weighted by molar-refractivity contribution is 7.25. The molecular weight excluding hydrogens is 783 g/mol. The van der Waals surface area contributed by atoms with Crippen LogP contribution in [0.4, 0.5) is 17.1 Å². The van der Waals surface area contributed by atoms with Gasteiger partial charge in [0.05, 0.1) is 0 Å². The number of hydrogen-bond donors (Lipinski definition) is 0. The molecule has 296 valence electrons. The first-order valence-corrected chi connectivity index (χ1v) is 22.2. The minimum Gasteiger partial charge on any atom is -0.456 e. The summed E-state index contributed by atoms with van der Waals surface area (Å²) in [5.74, 6) is 0. The van der Waals surface area contributed by atoms with Gasteiger partial charge in [0.2, 0.25) is 0 Å². The molecule has 0 aliphatic carbocycles. The van der Waals surface area contributed by atoms with Gasteiger partial charge >= 0.3 is 0 Å². The molecule has 0 radical (unpaired) electrons. The van der Waals surface area contributed by atoms with E-state index in [9.17, 15) is 0 Å². The van der Waals surface area contributed by atoms with E-state index >= 15 is 0 Å². The molecule has 2 aromatic heterocycles. The molecule has 0 aliphatic heterocycles. The van der Waals surface area contributed by atoms with Gasteiger partial charge in [-0.15, -0.1) is 11.3 Å². The number of thiophene rings is 1. The molecule has 0 N–H and O–H groups in total. The standard InChI is InChI=1S/C60H39NOS/c1-2-10-40(11-3-1)41-20-28-50(29-21-41)61(51-30-22-42(23-31-51)44-12-8-14-46(36-44)48-26-34-58-55(38-48)53-16-4-6-18-57(53)62-58)52-32-24-43(25-33-52)45-13-9-15-47(37-45)49-27-35-60-56(39-49)54-17-5-7-19-59(54)63-60/h1-39H. The minimum atomic E-state index is 0.909. The van der Waals surface area contributed by atoms with Gasteiger partial charge in [0.15, 0.2) is 0 Å². The SMILES string of the molecule is c1ccc(-c2ccc(N(c3ccc(-c4cccc(-c5ccc6oc7ccccc7c6c5)c4)cc3)c3ccc(-c4cccc(-c5ccc6sc7ccccc7c6c5)c4)cc3)cc2)cc1. The van der Waals surface area contributed by atoms with Crippen LogP contribution in [0.2, 0.25) is 0 Å². The van der Waals surface area contributed by atoms with Gasteiger partial charge in [0, 0.05) is 48.0 Å². The van der Waals surface area contributed by atoms with Crippen LogP contribution in [0.1, 0.15) is 0 Å². The van der Waals surface area contributed by atoms with Gasteiger partial charge in [-0.3, -0.25) is 0 Å². The van der Waals surface area contributed by atoms with Gasteiger partial charge in [-0.25, -0.2) is 0 Å². The number of para-hydroxylation sites is 1. The van der Waals surface area contributed by atoms with Crippen LogP contribution in [-0.2, 0) is 0 Å². The topological polar surface area (TPSA) is 16.4 Å². The highest BCUT2D eigenvalue weighted by atomic mass is 32.1. The number of rotatable bonds is 8. The van der Waals surface area contributed by atoms with Crippen LogP contribution in [0.25, 0.3) is 97.7 Å². The maximum absolute atomic E-state index is 6.12. The largest absolute Gasteiger partial charge is 0.456 e. The lowest BCUT2D eigenvalue weighted by Crippen LogP contribution is -2.09. The molecule has 0 saturated heterocycles. The molecule has 63 heavy (non-hydrogen) atoms. The van der Waals surface area contributed by atoms with Gasteiger partial charge in [-0.05, 0) is 141 Å². The summed E-state index contributed by atoms with van der Waals surface area (Å²) in [6, 6.07) is 85.5. The normalized spacial score (nSPS) is 11.5. The number of hydrogen-bond acceptors (Lipinski definition) is 3. The first kappa shape index (κ1) is 36.8. The Kier molecular flexibility index (Phi) is 9.06. The average Bonchev–Trinajstić information content (AvgIpc) is 3.93. The average molecular weight is 822 g/mol. The van der Waals surface area contributed by atoms with Crippen molar-refractivity contribution in [2.45, 2.75) is 0 Å². The third-order valence-electron chi connectivity index (χ3n) is 12.3. The molecule has 0 atom stereocenters. The molecule has 12 aromatic rings. The molecule has 2 heterocycles. The summed E-state index contributed by atoms with van der Waals surface area (Å²) in [5, 5.41) is 4.92. The molecule has 0 bridgehead atoms. The molecule has 0 unspecified atom stereocenters. The van der Waals surface area contributed by atoms with Crippen molar-refractivity contribution in [2.75, 3.05) is 4.90 Å². The minimum absolute atomic E-state index is 0.909. The second kappa shape index (κ2) is 15.5. The fourth-order valence-electron chi connectivity index (χ4n) is 9.05. The van der Waals surface area contributed by atoms with Crippen molar-refractivity contribution >= 4 is 70.5 Å². The van der Waals surface area contributed by atoms with Crippen LogP contribution in [0.5, 0.6) is 0 Å². The quantitative estimate of drug-likeness (QED) is 0.152. The van der Waals surface area contributed by atoms with E-state index in [1.54, 1.807) is 0 Å². The van der Waals surface area contributed by atoms with E-state index in [-0.39, 0.29) is 0 Å². The summed E-state index contributed by atoms with van der Waals surface area (Å²) in [5.41, 5.74) is 17.0. The van der Waals surface area contributed by atoms with Gasteiger partial charge in [0.25, 0.3) is 0 Å². The maximum Gasteiger partial charge on any atom is 0.135 e. The lowest BCUT2D eigenvalue weighted by Gasteiger charge is -2.26. The van der Waals surface area contributed by atoms with Crippen molar-refractivity contribution < 1.29 is 4.42 Å². The molecule has 0 fully saturated rings. The fourth-order valence-corrected chi connectivity index (χ4v) is 10.1. The molecule has 10 aromatic carbocycles. The highest BCUT2D eigenvalue weighted by Gasteiger charge is 2.15. The van der Waals surface area contributed by atoms with Gasteiger partial charge in [0.1, 0.15) is 11.2 Å². The number of fused-ring (bicyclic) bond motifs is 6. The first-order valence-electron chi connectivity index (χ1n) is 21.4. The van der Waals surface area contributed by atoms with E-state index in [1.807, 2.05) is 23.5 Å². The summed E-state index contributed by atoms with van der Waals surface area (Å²) in [4.78, 5) is 2.35. The Labute approximate surface area is 370 Å². The van der Waals surface area contributed by atoms with Crippen molar-refractivity contribution in [1.29, 1.82) is 0 Å². The molecule has 0 aliphatic rings. The number of anilines is 3. The smallest absolute Gasteiger partial charge is 0.135 e. The number of nitrogens with zero attached hydrogens (tertiary/aromatic N) is 1. The van der Waals surface area contributed by atoms with Crippen molar-refractivity contribution in [2.24, 2.45) is 0 Å². The number of benzene rings is 10. The van der Waals surface area contributed by atoms with Crippen molar-refractivity contribution in [1.82, 2.24) is 0 Å². The van der Waals surface area contributed by atoms with Crippen LogP contribution >= 0.6 is 11.3 Å². The Bertz CT molecular complexity index is 3400. The van der Waals surface area contributed by atoms with Crippen LogP contribution < -0.4 is 4.90 Å². The molecule has 0 amide bonds.